The Morgan fingerprint density at radius 1 is 0.974 bits per heavy atom. The number of aromatic nitrogens is 2. The zero-order valence-corrected chi connectivity index (χ0v) is 22.2. The molecule has 3 aromatic rings. The maximum Gasteiger partial charge on any atom is 0.435 e. The Hall–Kier alpha value is -3.48. The lowest BCUT2D eigenvalue weighted by molar-refractivity contribution is -0.144. The summed E-state index contributed by atoms with van der Waals surface area (Å²) in [5, 5.41) is 8.68. The largest absolute Gasteiger partial charge is 0.435 e. The summed E-state index contributed by atoms with van der Waals surface area (Å²) < 4.78 is 79.2. The SMILES string of the molecule is CSC[C@H](C)NC(=O)c1c(C)cccc1C(=O)Nc1ccc(Cn2nc(C(F)(F)F)cc2C(F)(F)F)cc1C. The molecule has 2 aromatic carbocycles. The number of alkyl halides is 6. The number of amides is 2. The number of nitrogens with zero attached hydrogens (tertiary/aromatic N) is 2. The fourth-order valence-corrected chi connectivity index (χ4v) is 4.56. The van der Waals surface area contributed by atoms with E-state index in [0.29, 0.717) is 22.6 Å². The van der Waals surface area contributed by atoms with Gasteiger partial charge >= 0.3 is 12.4 Å². The highest BCUT2D eigenvalue weighted by atomic mass is 32.2. The maximum atomic E-state index is 13.3. The standard InChI is InChI=1S/C26H26F6N4O2S/c1-14-6-5-7-18(22(14)24(38)33-16(3)13-39-4)23(37)34-19-9-8-17(10-15(19)2)12-36-21(26(30,31)32)11-20(35-36)25(27,28)29/h5-11,16H,12-13H2,1-4H3,(H,33,38)(H,34,37)/t16-/m0/s1. The highest BCUT2D eigenvalue weighted by molar-refractivity contribution is 7.98. The number of anilines is 1. The van der Waals surface area contributed by atoms with Gasteiger partial charge in [0, 0.05) is 23.5 Å². The number of carbonyl (C=O) groups is 2. The average Bonchev–Trinajstić information content (AvgIpc) is 3.25. The summed E-state index contributed by atoms with van der Waals surface area (Å²) >= 11 is 1.57. The Balaban J connectivity index is 1.84. The van der Waals surface area contributed by atoms with Crippen molar-refractivity contribution >= 4 is 29.3 Å². The molecule has 1 heterocycles. The highest BCUT2D eigenvalue weighted by Crippen LogP contribution is 2.35. The first kappa shape index (κ1) is 30.1. The molecular formula is C26H26F6N4O2S. The van der Waals surface area contributed by atoms with Crippen LogP contribution < -0.4 is 10.6 Å². The van der Waals surface area contributed by atoms with Crippen LogP contribution in [0.1, 0.15) is 55.7 Å². The van der Waals surface area contributed by atoms with Crippen molar-refractivity contribution in [3.63, 3.8) is 0 Å². The summed E-state index contributed by atoms with van der Waals surface area (Å²) in [6.45, 7) is 4.57. The normalized spacial score (nSPS) is 12.8. The van der Waals surface area contributed by atoms with Crippen LogP contribution in [0.4, 0.5) is 32.0 Å². The lowest BCUT2D eigenvalue weighted by atomic mass is 9.99. The lowest BCUT2D eigenvalue weighted by Gasteiger charge is -2.17. The van der Waals surface area contributed by atoms with Gasteiger partial charge in [0.1, 0.15) is 5.69 Å². The second-order valence-corrected chi connectivity index (χ2v) is 9.91. The Bertz CT molecular complexity index is 1370. The van der Waals surface area contributed by atoms with Gasteiger partial charge in [-0.15, -0.1) is 0 Å². The van der Waals surface area contributed by atoms with Gasteiger partial charge in [-0.2, -0.15) is 43.2 Å². The minimum atomic E-state index is -5.04. The molecular weight excluding hydrogens is 546 g/mol. The van der Waals surface area contributed by atoms with Crippen molar-refractivity contribution in [2.75, 3.05) is 17.3 Å². The molecule has 0 saturated carbocycles. The van der Waals surface area contributed by atoms with Crippen molar-refractivity contribution in [1.82, 2.24) is 15.1 Å². The smallest absolute Gasteiger partial charge is 0.349 e. The Labute approximate surface area is 225 Å². The van der Waals surface area contributed by atoms with E-state index in [1.807, 2.05) is 13.2 Å². The van der Waals surface area contributed by atoms with Gasteiger partial charge in [-0.05, 0) is 55.9 Å². The molecule has 1 atom stereocenters. The first-order valence-electron chi connectivity index (χ1n) is 11.6. The van der Waals surface area contributed by atoms with Gasteiger partial charge in [0.05, 0.1) is 17.7 Å². The molecule has 0 fully saturated rings. The summed E-state index contributed by atoms with van der Waals surface area (Å²) in [5.74, 6) is -0.283. The minimum absolute atomic E-state index is 0.0289. The van der Waals surface area contributed by atoms with Crippen LogP contribution in [0.25, 0.3) is 0 Å². The number of hydrogen-bond donors (Lipinski definition) is 2. The van der Waals surface area contributed by atoms with Crippen LogP contribution in [-0.2, 0) is 18.9 Å². The van der Waals surface area contributed by atoms with Crippen LogP contribution in [0.3, 0.4) is 0 Å². The van der Waals surface area contributed by atoms with E-state index in [9.17, 15) is 35.9 Å². The Morgan fingerprint density at radius 3 is 2.26 bits per heavy atom. The zero-order chi connectivity index (χ0) is 29.1. The molecule has 0 aliphatic rings. The first-order valence-corrected chi connectivity index (χ1v) is 13.0. The number of thioether (sulfide) groups is 1. The van der Waals surface area contributed by atoms with Gasteiger partial charge in [0.15, 0.2) is 5.69 Å². The quantitative estimate of drug-likeness (QED) is 0.310. The van der Waals surface area contributed by atoms with E-state index in [2.05, 4.69) is 15.7 Å². The molecule has 0 spiro atoms. The van der Waals surface area contributed by atoms with E-state index in [1.165, 1.54) is 24.3 Å². The third kappa shape index (κ3) is 7.34. The number of aryl methyl sites for hydroxylation is 2. The lowest BCUT2D eigenvalue weighted by Crippen LogP contribution is -2.36. The summed E-state index contributed by atoms with van der Waals surface area (Å²) in [6.07, 6.45) is -8.16. The van der Waals surface area contributed by atoms with Crippen molar-refractivity contribution in [3.8, 4) is 0 Å². The molecule has 0 bridgehead atoms. The maximum absolute atomic E-state index is 13.3. The van der Waals surface area contributed by atoms with Gasteiger partial charge in [-0.25, -0.2) is 0 Å². The number of rotatable bonds is 8. The van der Waals surface area contributed by atoms with Gasteiger partial charge < -0.3 is 10.6 Å². The number of benzene rings is 2. The van der Waals surface area contributed by atoms with Gasteiger partial charge in [-0.3, -0.25) is 14.3 Å². The van der Waals surface area contributed by atoms with Crippen molar-refractivity contribution in [2.24, 2.45) is 0 Å². The average molecular weight is 573 g/mol. The first-order chi connectivity index (χ1) is 18.1. The minimum Gasteiger partial charge on any atom is -0.349 e. The summed E-state index contributed by atoms with van der Waals surface area (Å²) in [6, 6.07) is 8.95. The Morgan fingerprint density at radius 2 is 1.67 bits per heavy atom. The molecule has 0 aliphatic heterocycles. The Kier molecular flexibility index (Phi) is 9.04. The number of halogens is 6. The second-order valence-electron chi connectivity index (χ2n) is 9.00. The number of nitrogens with one attached hydrogen (secondary N) is 2. The van der Waals surface area contributed by atoms with Crippen molar-refractivity contribution in [2.45, 2.75) is 45.7 Å². The van der Waals surface area contributed by atoms with E-state index >= 15 is 0 Å². The monoisotopic (exact) mass is 572 g/mol. The molecule has 0 aliphatic carbocycles. The van der Waals surface area contributed by atoms with Crippen LogP contribution in [-0.4, -0.2) is 39.6 Å². The van der Waals surface area contributed by atoms with E-state index in [1.54, 1.807) is 37.7 Å². The van der Waals surface area contributed by atoms with Crippen LogP contribution in [0.5, 0.6) is 0 Å². The predicted octanol–water partition coefficient (Wildman–Crippen LogP) is 6.32. The van der Waals surface area contributed by atoms with Crippen LogP contribution >= 0.6 is 11.8 Å². The molecule has 2 amide bonds. The number of carbonyl (C=O) groups excluding carboxylic acids is 2. The summed E-state index contributed by atoms with van der Waals surface area (Å²) in [5.41, 5.74) is -1.20. The molecule has 39 heavy (non-hydrogen) atoms. The number of hydrogen-bond acceptors (Lipinski definition) is 4. The summed E-state index contributed by atoms with van der Waals surface area (Å²) in [4.78, 5) is 26.1. The molecule has 3 rings (SSSR count). The van der Waals surface area contributed by atoms with E-state index in [0.717, 1.165) is 0 Å². The van der Waals surface area contributed by atoms with Crippen molar-refractivity contribution in [1.29, 1.82) is 0 Å². The molecule has 2 N–H and O–H groups in total. The van der Waals surface area contributed by atoms with Gasteiger partial charge in [0.2, 0.25) is 0 Å². The fraction of sp³-hybridized carbons (Fsp3) is 0.346. The van der Waals surface area contributed by atoms with Gasteiger partial charge in [-0.1, -0.05) is 24.3 Å². The third-order valence-electron chi connectivity index (χ3n) is 5.77. The van der Waals surface area contributed by atoms with Crippen molar-refractivity contribution in [3.05, 3.63) is 81.7 Å². The molecule has 0 unspecified atom stereocenters. The topological polar surface area (TPSA) is 76.0 Å². The molecule has 1 aromatic heterocycles. The van der Waals surface area contributed by atoms with Gasteiger partial charge in [0.25, 0.3) is 11.8 Å². The van der Waals surface area contributed by atoms with E-state index in [4.69, 9.17) is 0 Å². The van der Waals surface area contributed by atoms with Crippen molar-refractivity contribution < 1.29 is 35.9 Å². The fourth-order valence-electron chi connectivity index (χ4n) is 3.98. The zero-order valence-electron chi connectivity index (χ0n) is 21.4. The second kappa shape index (κ2) is 11.7. The highest BCUT2D eigenvalue weighted by Gasteiger charge is 2.41. The van der Waals surface area contributed by atoms with E-state index in [-0.39, 0.29) is 33.5 Å². The van der Waals surface area contributed by atoms with Crippen LogP contribution in [0.2, 0.25) is 0 Å². The predicted molar refractivity (Wildman–Crippen MR) is 137 cm³/mol. The molecule has 0 radical (unpaired) electrons. The summed E-state index contributed by atoms with van der Waals surface area (Å²) in [7, 11) is 0. The van der Waals surface area contributed by atoms with Crippen LogP contribution in [0, 0.1) is 13.8 Å². The van der Waals surface area contributed by atoms with E-state index < -0.39 is 42.1 Å². The molecule has 210 valence electrons. The third-order valence-corrected chi connectivity index (χ3v) is 6.60. The van der Waals surface area contributed by atoms with Crippen LogP contribution in [0.15, 0.2) is 42.5 Å². The molecule has 6 nitrogen and oxygen atoms in total. The molecule has 13 heteroatoms. The molecule has 0 saturated heterocycles.